The highest BCUT2D eigenvalue weighted by Crippen LogP contribution is 1.93. The Kier molecular flexibility index (Phi) is 12.1. The Morgan fingerprint density at radius 1 is 1.11 bits per heavy atom. The van der Waals surface area contributed by atoms with Gasteiger partial charge in [-0.25, -0.2) is 0 Å². The molecular formula is C14H31N3O. The standard InChI is InChI=1S/C14H31N3O/c1-5-8-11-17(4)14(15-7-3)16-10-13-18-12-9-6-2/h5-13H2,1-4H3,(H,15,16). The average molecular weight is 257 g/mol. The summed E-state index contributed by atoms with van der Waals surface area (Å²) in [4.78, 5) is 6.76. The van der Waals surface area contributed by atoms with Gasteiger partial charge >= 0.3 is 0 Å². The highest BCUT2D eigenvalue weighted by atomic mass is 16.5. The van der Waals surface area contributed by atoms with E-state index in [4.69, 9.17) is 4.74 Å². The van der Waals surface area contributed by atoms with Crippen LogP contribution >= 0.6 is 0 Å². The molecule has 0 rings (SSSR count). The van der Waals surface area contributed by atoms with Crippen LogP contribution in [0.1, 0.15) is 46.5 Å². The fourth-order valence-electron chi connectivity index (χ4n) is 1.54. The molecule has 0 aromatic rings. The van der Waals surface area contributed by atoms with Gasteiger partial charge in [-0.3, -0.25) is 4.99 Å². The van der Waals surface area contributed by atoms with Gasteiger partial charge in [-0.05, 0) is 19.8 Å². The van der Waals surface area contributed by atoms with E-state index in [-0.39, 0.29) is 0 Å². The maximum absolute atomic E-state index is 5.51. The van der Waals surface area contributed by atoms with Crippen molar-refractivity contribution in [3.05, 3.63) is 0 Å². The van der Waals surface area contributed by atoms with Crippen LogP contribution in [0.3, 0.4) is 0 Å². The third kappa shape index (κ3) is 9.28. The number of nitrogens with one attached hydrogen (secondary N) is 1. The normalized spacial score (nSPS) is 11.7. The molecule has 0 aliphatic heterocycles. The van der Waals surface area contributed by atoms with Crippen molar-refractivity contribution in [2.45, 2.75) is 46.5 Å². The molecule has 0 atom stereocenters. The van der Waals surface area contributed by atoms with Crippen LogP contribution < -0.4 is 5.32 Å². The van der Waals surface area contributed by atoms with E-state index < -0.39 is 0 Å². The van der Waals surface area contributed by atoms with Gasteiger partial charge < -0.3 is 15.0 Å². The highest BCUT2D eigenvalue weighted by molar-refractivity contribution is 5.79. The Balaban J connectivity index is 3.90. The smallest absolute Gasteiger partial charge is 0.193 e. The molecule has 1 N–H and O–H groups in total. The second-order valence-electron chi connectivity index (χ2n) is 4.48. The molecule has 0 radical (unpaired) electrons. The summed E-state index contributed by atoms with van der Waals surface area (Å²) in [5, 5.41) is 3.31. The van der Waals surface area contributed by atoms with E-state index in [0.717, 1.165) is 45.2 Å². The van der Waals surface area contributed by atoms with Crippen LogP contribution in [-0.2, 0) is 4.74 Å². The van der Waals surface area contributed by atoms with Crippen LogP contribution in [-0.4, -0.2) is 50.8 Å². The van der Waals surface area contributed by atoms with Crippen molar-refractivity contribution in [3.63, 3.8) is 0 Å². The summed E-state index contributed by atoms with van der Waals surface area (Å²) in [7, 11) is 2.09. The quantitative estimate of drug-likeness (QED) is 0.371. The van der Waals surface area contributed by atoms with E-state index in [0.29, 0.717) is 0 Å². The number of hydrogen-bond acceptors (Lipinski definition) is 2. The van der Waals surface area contributed by atoms with E-state index in [2.05, 4.69) is 43.0 Å². The lowest BCUT2D eigenvalue weighted by molar-refractivity contribution is 0.138. The second kappa shape index (κ2) is 12.7. The van der Waals surface area contributed by atoms with Gasteiger partial charge in [0.05, 0.1) is 13.2 Å². The van der Waals surface area contributed by atoms with Crippen LogP contribution in [0.25, 0.3) is 0 Å². The molecule has 0 amide bonds. The van der Waals surface area contributed by atoms with E-state index in [1.165, 1.54) is 19.3 Å². The zero-order chi connectivity index (χ0) is 13.6. The van der Waals surface area contributed by atoms with Gasteiger partial charge in [0.2, 0.25) is 0 Å². The minimum atomic E-state index is 0.719. The number of hydrogen-bond donors (Lipinski definition) is 1. The molecule has 0 fully saturated rings. The minimum Gasteiger partial charge on any atom is -0.380 e. The minimum absolute atomic E-state index is 0.719. The average Bonchev–Trinajstić information content (AvgIpc) is 2.38. The van der Waals surface area contributed by atoms with Crippen molar-refractivity contribution in [1.29, 1.82) is 0 Å². The lowest BCUT2D eigenvalue weighted by atomic mass is 10.3. The maximum Gasteiger partial charge on any atom is 0.193 e. The SMILES string of the molecule is CCCCOCCN=C(NCC)N(C)CCCC. The zero-order valence-electron chi connectivity index (χ0n) is 12.7. The van der Waals surface area contributed by atoms with Crippen molar-refractivity contribution < 1.29 is 4.74 Å². The Bertz CT molecular complexity index is 207. The van der Waals surface area contributed by atoms with Crippen LogP contribution in [0.15, 0.2) is 4.99 Å². The van der Waals surface area contributed by atoms with Gasteiger partial charge in [0.15, 0.2) is 5.96 Å². The molecule has 0 bridgehead atoms. The molecule has 0 aliphatic carbocycles. The molecule has 0 aromatic heterocycles. The van der Waals surface area contributed by atoms with Gasteiger partial charge in [-0.15, -0.1) is 0 Å². The number of nitrogens with zero attached hydrogens (tertiary/aromatic N) is 2. The summed E-state index contributed by atoms with van der Waals surface area (Å²) >= 11 is 0. The first-order valence-electron chi connectivity index (χ1n) is 7.33. The number of ether oxygens (including phenoxy) is 1. The van der Waals surface area contributed by atoms with Crippen LogP contribution in [0.5, 0.6) is 0 Å². The first-order valence-corrected chi connectivity index (χ1v) is 7.33. The molecule has 0 aliphatic rings. The second-order valence-corrected chi connectivity index (χ2v) is 4.48. The molecule has 4 heteroatoms. The number of aliphatic imine (C=N–C) groups is 1. The molecule has 0 unspecified atom stereocenters. The van der Waals surface area contributed by atoms with Crippen molar-refractivity contribution in [2.75, 3.05) is 39.9 Å². The summed E-state index contributed by atoms with van der Waals surface area (Å²) in [6.07, 6.45) is 4.74. The monoisotopic (exact) mass is 257 g/mol. The fraction of sp³-hybridized carbons (Fsp3) is 0.929. The Labute approximate surface area is 113 Å². The predicted octanol–water partition coefficient (Wildman–Crippen LogP) is 2.50. The van der Waals surface area contributed by atoms with Gasteiger partial charge in [0, 0.05) is 26.7 Å². The first-order chi connectivity index (χ1) is 8.76. The largest absolute Gasteiger partial charge is 0.380 e. The molecule has 4 nitrogen and oxygen atoms in total. The van der Waals surface area contributed by atoms with Crippen LogP contribution in [0.4, 0.5) is 0 Å². The maximum atomic E-state index is 5.51. The van der Waals surface area contributed by atoms with Crippen molar-refractivity contribution in [2.24, 2.45) is 4.99 Å². The molecule has 0 spiro atoms. The predicted molar refractivity (Wildman–Crippen MR) is 79.2 cm³/mol. The third-order valence-electron chi connectivity index (χ3n) is 2.68. The van der Waals surface area contributed by atoms with E-state index >= 15 is 0 Å². The van der Waals surface area contributed by atoms with Gasteiger partial charge in [0.1, 0.15) is 0 Å². The van der Waals surface area contributed by atoms with Crippen LogP contribution in [0, 0.1) is 0 Å². The zero-order valence-corrected chi connectivity index (χ0v) is 12.7. The summed E-state index contributed by atoms with van der Waals surface area (Å²) in [5.41, 5.74) is 0. The van der Waals surface area contributed by atoms with Crippen molar-refractivity contribution >= 4 is 5.96 Å². The Hall–Kier alpha value is -0.770. The lowest BCUT2D eigenvalue weighted by Crippen LogP contribution is -2.39. The molecule has 18 heavy (non-hydrogen) atoms. The van der Waals surface area contributed by atoms with Gasteiger partial charge in [-0.1, -0.05) is 26.7 Å². The topological polar surface area (TPSA) is 36.9 Å². The fourth-order valence-corrected chi connectivity index (χ4v) is 1.54. The molecule has 0 heterocycles. The van der Waals surface area contributed by atoms with Gasteiger partial charge in [-0.2, -0.15) is 0 Å². The summed E-state index contributed by atoms with van der Waals surface area (Å²) < 4.78 is 5.51. The molecule has 0 saturated heterocycles. The number of rotatable bonds is 10. The van der Waals surface area contributed by atoms with E-state index in [9.17, 15) is 0 Å². The molecule has 0 aromatic carbocycles. The molecular weight excluding hydrogens is 226 g/mol. The summed E-state index contributed by atoms with van der Waals surface area (Å²) in [6, 6.07) is 0. The van der Waals surface area contributed by atoms with Crippen molar-refractivity contribution in [1.82, 2.24) is 10.2 Å². The first kappa shape index (κ1) is 17.2. The molecule has 0 saturated carbocycles. The van der Waals surface area contributed by atoms with Crippen molar-refractivity contribution in [3.8, 4) is 0 Å². The number of unbranched alkanes of at least 4 members (excludes halogenated alkanes) is 2. The third-order valence-corrected chi connectivity index (χ3v) is 2.68. The van der Waals surface area contributed by atoms with Gasteiger partial charge in [0.25, 0.3) is 0 Å². The van der Waals surface area contributed by atoms with Crippen LogP contribution in [0.2, 0.25) is 0 Å². The number of guanidine groups is 1. The molecule has 108 valence electrons. The summed E-state index contributed by atoms with van der Waals surface area (Å²) in [5.74, 6) is 0.991. The van der Waals surface area contributed by atoms with E-state index in [1.54, 1.807) is 0 Å². The van der Waals surface area contributed by atoms with E-state index in [1.807, 2.05) is 0 Å². The highest BCUT2D eigenvalue weighted by Gasteiger charge is 2.03. The Morgan fingerprint density at radius 3 is 2.44 bits per heavy atom. The lowest BCUT2D eigenvalue weighted by Gasteiger charge is -2.21. The summed E-state index contributed by atoms with van der Waals surface area (Å²) in [6.45, 7) is 10.8. The Morgan fingerprint density at radius 2 is 1.83 bits per heavy atom.